The molecule has 4 unspecified atom stereocenters. The van der Waals surface area contributed by atoms with Gasteiger partial charge in [-0.2, -0.15) is 5.10 Å². The number of nitrogens with zero attached hydrogens (tertiary/aromatic N) is 2. The molecule has 2 aliphatic carbocycles. The Bertz CT molecular complexity index is 1570. The Labute approximate surface area is 238 Å². The Balaban J connectivity index is 1.42. The van der Waals surface area contributed by atoms with E-state index in [1.807, 2.05) is 60.7 Å². The molecule has 3 aromatic carbocycles. The number of nitrogens with one attached hydrogen (secondary N) is 1. The Kier molecular flexibility index (Phi) is 7.26. The van der Waals surface area contributed by atoms with E-state index in [9.17, 15) is 14.7 Å². The highest BCUT2D eigenvalue weighted by molar-refractivity contribution is 5.96. The quantitative estimate of drug-likeness (QED) is 0.266. The van der Waals surface area contributed by atoms with Gasteiger partial charge in [0.15, 0.2) is 5.69 Å². The van der Waals surface area contributed by atoms with Gasteiger partial charge in [-0.15, -0.1) is 0 Å². The third-order valence-electron chi connectivity index (χ3n) is 8.54. The molecule has 0 spiro atoms. The first-order valence-corrected chi connectivity index (χ1v) is 14.0. The molecular formula is C32H33N3O6. The van der Waals surface area contributed by atoms with Crippen LogP contribution in [0.1, 0.15) is 42.6 Å². The number of aromatic nitrogens is 2. The van der Waals surface area contributed by atoms with Gasteiger partial charge in [0.05, 0.1) is 31.2 Å². The zero-order valence-electron chi connectivity index (χ0n) is 23.1. The Morgan fingerprint density at radius 1 is 0.927 bits per heavy atom. The van der Waals surface area contributed by atoms with Crippen LogP contribution in [0.3, 0.4) is 0 Å². The summed E-state index contributed by atoms with van der Waals surface area (Å²) in [6.45, 7) is 0. The van der Waals surface area contributed by atoms with Crippen molar-refractivity contribution < 1.29 is 28.9 Å². The van der Waals surface area contributed by atoms with E-state index in [2.05, 4.69) is 5.32 Å². The Morgan fingerprint density at radius 3 is 2.41 bits per heavy atom. The first-order chi connectivity index (χ1) is 20.0. The summed E-state index contributed by atoms with van der Waals surface area (Å²) >= 11 is 0. The van der Waals surface area contributed by atoms with Crippen molar-refractivity contribution in [1.82, 2.24) is 15.1 Å². The molecule has 9 heteroatoms. The summed E-state index contributed by atoms with van der Waals surface area (Å²) in [6, 6.07) is 21.1. The lowest BCUT2D eigenvalue weighted by atomic mass is 9.67. The number of carbonyl (C=O) groups excluding carboxylic acids is 1. The molecule has 1 heterocycles. The standard InChI is InChI=1S/C32H33N3O6/c1-39-27-14-7-15-28(40-2)29(27)26-18-24(34-35(26)25-13-6-9-19-8-3-4-11-21(19)25)31(36)33-23-17-16-20-10-5-12-22(23)30(20)41-32(37)38/h3-4,6-9,11,13-15,18,20,22-23,30H,5,10,12,16-17H2,1-2H3,(H,33,36)(H,37,38). The topological polar surface area (TPSA) is 112 Å². The highest BCUT2D eigenvalue weighted by Gasteiger charge is 2.45. The molecule has 2 fully saturated rings. The second-order valence-corrected chi connectivity index (χ2v) is 10.7. The van der Waals surface area contributed by atoms with E-state index in [1.54, 1.807) is 25.0 Å². The summed E-state index contributed by atoms with van der Waals surface area (Å²) < 4.78 is 18.5. The van der Waals surface area contributed by atoms with Crippen LogP contribution in [-0.2, 0) is 4.74 Å². The minimum atomic E-state index is -1.26. The highest BCUT2D eigenvalue weighted by atomic mass is 16.7. The molecule has 2 N–H and O–H groups in total. The van der Waals surface area contributed by atoms with Gasteiger partial charge in [0, 0.05) is 17.3 Å². The predicted octanol–water partition coefficient (Wildman–Crippen LogP) is 6.08. The van der Waals surface area contributed by atoms with Gasteiger partial charge < -0.3 is 24.6 Å². The number of hydrogen-bond acceptors (Lipinski definition) is 6. The Morgan fingerprint density at radius 2 is 1.66 bits per heavy atom. The van der Waals surface area contributed by atoms with Crippen LogP contribution in [0.2, 0.25) is 0 Å². The molecule has 0 saturated heterocycles. The lowest BCUT2D eigenvalue weighted by Crippen LogP contribution is -2.53. The van der Waals surface area contributed by atoms with Crippen molar-refractivity contribution in [3.8, 4) is 28.4 Å². The van der Waals surface area contributed by atoms with Crippen LogP contribution in [-0.4, -0.2) is 53.3 Å². The number of methoxy groups -OCH3 is 2. The second-order valence-electron chi connectivity index (χ2n) is 10.7. The molecule has 4 aromatic rings. The molecule has 2 saturated carbocycles. The fourth-order valence-electron chi connectivity index (χ4n) is 6.71. The van der Waals surface area contributed by atoms with E-state index in [0.29, 0.717) is 22.8 Å². The van der Waals surface area contributed by atoms with Crippen LogP contribution in [0.4, 0.5) is 4.79 Å². The van der Waals surface area contributed by atoms with Crippen LogP contribution in [0, 0.1) is 11.8 Å². The van der Waals surface area contributed by atoms with Gasteiger partial charge in [-0.1, -0.05) is 48.9 Å². The first-order valence-electron chi connectivity index (χ1n) is 14.0. The smallest absolute Gasteiger partial charge is 0.496 e. The van der Waals surface area contributed by atoms with E-state index in [4.69, 9.17) is 19.3 Å². The maximum absolute atomic E-state index is 13.8. The predicted molar refractivity (Wildman–Crippen MR) is 154 cm³/mol. The van der Waals surface area contributed by atoms with Crippen LogP contribution in [0.25, 0.3) is 27.7 Å². The van der Waals surface area contributed by atoms with Crippen molar-refractivity contribution in [3.05, 3.63) is 72.4 Å². The third kappa shape index (κ3) is 4.96. The number of rotatable bonds is 7. The van der Waals surface area contributed by atoms with Crippen molar-refractivity contribution in [1.29, 1.82) is 0 Å². The highest BCUT2D eigenvalue weighted by Crippen LogP contribution is 2.43. The zero-order valence-corrected chi connectivity index (χ0v) is 23.1. The van der Waals surface area contributed by atoms with Crippen LogP contribution in [0.15, 0.2) is 66.7 Å². The number of fused-ring (bicyclic) bond motifs is 3. The minimum absolute atomic E-state index is 0.0588. The van der Waals surface area contributed by atoms with Crippen molar-refractivity contribution in [2.45, 2.75) is 44.2 Å². The van der Waals surface area contributed by atoms with E-state index in [0.717, 1.165) is 48.6 Å². The minimum Gasteiger partial charge on any atom is -0.496 e. The van der Waals surface area contributed by atoms with Gasteiger partial charge in [-0.05, 0) is 61.3 Å². The van der Waals surface area contributed by atoms with E-state index < -0.39 is 12.3 Å². The van der Waals surface area contributed by atoms with Crippen LogP contribution in [0.5, 0.6) is 11.5 Å². The van der Waals surface area contributed by atoms with E-state index in [-0.39, 0.29) is 29.5 Å². The summed E-state index contributed by atoms with van der Waals surface area (Å²) in [5.41, 5.74) is 2.39. The average molecular weight is 556 g/mol. The van der Waals surface area contributed by atoms with Gasteiger partial charge in [0.2, 0.25) is 0 Å². The van der Waals surface area contributed by atoms with Crippen molar-refractivity contribution in [2.24, 2.45) is 11.8 Å². The SMILES string of the molecule is COc1cccc(OC)c1-c1cc(C(=O)NC2CCC3CCCC2C3OC(=O)O)nn1-c1cccc2ccccc12. The number of carbonyl (C=O) groups is 2. The molecule has 4 atom stereocenters. The van der Waals surface area contributed by atoms with Gasteiger partial charge in [-0.3, -0.25) is 4.79 Å². The number of carboxylic acid groups (broad SMARTS) is 1. The molecule has 1 aromatic heterocycles. The van der Waals surface area contributed by atoms with Gasteiger partial charge in [-0.25, -0.2) is 9.48 Å². The van der Waals surface area contributed by atoms with Gasteiger partial charge >= 0.3 is 6.16 Å². The zero-order chi connectivity index (χ0) is 28.5. The molecule has 2 bridgehead atoms. The normalized spacial score (nSPS) is 21.7. The van der Waals surface area contributed by atoms with Gasteiger partial charge in [0.25, 0.3) is 5.91 Å². The lowest BCUT2D eigenvalue weighted by molar-refractivity contribution is -0.0574. The molecule has 212 valence electrons. The van der Waals surface area contributed by atoms with E-state index >= 15 is 0 Å². The molecule has 0 aliphatic heterocycles. The number of hydrogen-bond donors (Lipinski definition) is 2. The van der Waals surface area contributed by atoms with Crippen molar-refractivity contribution in [3.63, 3.8) is 0 Å². The van der Waals surface area contributed by atoms with Gasteiger partial charge in [0.1, 0.15) is 17.6 Å². The molecular weight excluding hydrogens is 522 g/mol. The molecule has 1 amide bonds. The molecule has 6 rings (SSSR count). The van der Waals surface area contributed by atoms with Crippen molar-refractivity contribution >= 4 is 22.8 Å². The van der Waals surface area contributed by atoms with Crippen molar-refractivity contribution in [2.75, 3.05) is 14.2 Å². The lowest BCUT2D eigenvalue weighted by Gasteiger charge is -2.45. The molecule has 41 heavy (non-hydrogen) atoms. The number of benzene rings is 3. The molecule has 9 nitrogen and oxygen atoms in total. The first kappa shape index (κ1) is 26.7. The second kappa shape index (κ2) is 11.2. The number of ether oxygens (including phenoxy) is 3. The van der Waals surface area contributed by atoms with Crippen LogP contribution < -0.4 is 14.8 Å². The average Bonchev–Trinajstić information content (AvgIpc) is 3.42. The van der Waals surface area contributed by atoms with Crippen LogP contribution >= 0.6 is 0 Å². The summed E-state index contributed by atoms with van der Waals surface area (Å²) in [6.07, 6.45) is 2.69. The monoisotopic (exact) mass is 555 g/mol. The van der Waals surface area contributed by atoms with E-state index in [1.165, 1.54) is 0 Å². The molecule has 0 radical (unpaired) electrons. The summed E-state index contributed by atoms with van der Waals surface area (Å²) in [7, 11) is 3.20. The summed E-state index contributed by atoms with van der Waals surface area (Å²) in [5.74, 6) is 1.01. The third-order valence-corrected chi connectivity index (χ3v) is 8.54. The fourth-order valence-corrected chi connectivity index (χ4v) is 6.71. The molecule has 2 aliphatic rings. The maximum atomic E-state index is 13.8. The Hall–Kier alpha value is -4.53. The summed E-state index contributed by atoms with van der Waals surface area (Å²) in [5, 5.41) is 19.4. The largest absolute Gasteiger partial charge is 0.506 e. The number of amides is 1. The fraction of sp³-hybridized carbons (Fsp3) is 0.344. The maximum Gasteiger partial charge on any atom is 0.506 e. The summed E-state index contributed by atoms with van der Waals surface area (Å²) in [4.78, 5) is 25.2.